The van der Waals surface area contributed by atoms with Crippen LogP contribution >= 0.6 is 0 Å². The maximum atomic E-state index is 9.68. The van der Waals surface area contributed by atoms with E-state index in [4.69, 9.17) is 10.2 Å². The predicted octanol–water partition coefficient (Wildman–Crippen LogP) is -0.979. The molecule has 2 N–H and O–H groups in total. The van der Waals surface area contributed by atoms with Crippen molar-refractivity contribution in [3.05, 3.63) is 0 Å². The first kappa shape index (κ1) is 7.10. The molecular formula is C4H6O4. The van der Waals surface area contributed by atoms with Crippen LogP contribution in [0.25, 0.3) is 0 Å². The number of rotatable bonds is 3. The van der Waals surface area contributed by atoms with Gasteiger partial charge in [-0.2, -0.15) is 0 Å². The molecule has 0 aliphatic carbocycles. The van der Waals surface area contributed by atoms with Crippen molar-refractivity contribution >= 4 is 12.3 Å². The van der Waals surface area contributed by atoms with Crippen molar-refractivity contribution in [2.24, 2.45) is 0 Å². The summed E-state index contributed by atoms with van der Waals surface area (Å²) in [5, 5.41) is 16.2. The molecule has 0 saturated carbocycles. The molecule has 0 aromatic heterocycles. The first-order valence-electron chi connectivity index (χ1n) is 2.03. The molecule has 0 aromatic carbocycles. The topological polar surface area (TPSA) is 74.6 Å². The number of hydrogen-bond donors (Lipinski definition) is 2. The Hall–Kier alpha value is -0.900. The van der Waals surface area contributed by atoms with Crippen LogP contribution in [-0.4, -0.2) is 28.6 Å². The van der Waals surface area contributed by atoms with Crippen molar-refractivity contribution < 1.29 is 19.8 Å². The molecule has 0 aliphatic rings. The third kappa shape index (κ3) is 2.30. The molecule has 0 heterocycles. The summed E-state index contributed by atoms with van der Waals surface area (Å²) in [5.74, 6) is -1.36. The molecule has 0 amide bonds. The largest absolute Gasteiger partial charge is 0.479 e. The minimum atomic E-state index is -1.53. The number of carbonyl (C=O) groups excluding carboxylic acids is 1. The third-order valence-corrected chi connectivity index (χ3v) is 0.605. The van der Waals surface area contributed by atoms with Gasteiger partial charge in [-0.3, -0.25) is 0 Å². The zero-order chi connectivity index (χ0) is 6.57. The molecule has 4 nitrogen and oxygen atoms in total. The van der Waals surface area contributed by atoms with E-state index in [1.54, 1.807) is 0 Å². The van der Waals surface area contributed by atoms with Crippen LogP contribution in [0, 0.1) is 0 Å². The summed E-state index contributed by atoms with van der Waals surface area (Å²) >= 11 is 0. The molecule has 0 radical (unpaired) electrons. The number of aliphatic carboxylic acids is 1. The predicted molar refractivity (Wildman–Crippen MR) is 24.3 cm³/mol. The lowest BCUT2D eigenvalue weighted by Crippen LogP contribution is -2.19. The third-order valence-electron chi connectivity index (χ3n) is 0.605. The summed E-state index contributed by atoms with van der Waals surface area (Å²) in [7, 11) is 0. The lowest BCUT2D eigenvalue weighted by atomic mass is 10.3. The van der Waals surface area contributed by atoms with Gasteiger partial charge >= 0.3 is 5.97 Å². The molecular weight excluding hydrogens is 112 g/mol. The Balaban J connectivity index is 3.46. The summed E-state index contributed by atoms with van der Waals surface area (Å²) < 4.78 is 0. The highest BCUT2D eigenvalue weighted by Gasteiger charge is 2.10. The van der Waals surface area contributed by atoms with Gasteiger partial charge in [0.05, 0.1) is 0 Å². The van der Waals surface area contributed by atoms with E-state index in [1.807, 2.05) is 0 Å². The van der Waals surface area contributed by atoms with E-state index in [0.717, 1.165) is 0 Å². The van der Waals surface area contributed by atoms with Crippen LogP contribution in [-0.2, 0) is 9.59 Å². The Morgan fingerprint density at radius 2 is 2.25 bits per heavy atom. The molecule has 46 valence electrons. The number of carbonyl (C=O) groups is 2. The second-order valence-corrected chi connectivity index (χ2v) is 1.26. The average Bonchev–Trinajstić information content (AvgIpc) is 1.67. The van der Waals surface area contributed by atoms with Crippen molar-refractivity contribution in [2.75, 3.05) is 0 Å². The fraction of sp³-hybridized carbons (Fsp3) is 0.500. The van der Waals surface area contributed by atoms with Gasteiger partial charge in [0.15, 0.2) is 6.10 Å². The lowest BCUT2D eigenvalue weighted by Gasteiger charge is -1.95. The molecule has 0 aliphatic heterocycles. The SMILES string of the molecule is O=CC[C@H](O)C(=O)O. The lowest BCUT2D eigenvalue weighted by molar-refractivity contribution is -0.147. The number of carboxylic acids is 1. The molecule has 0 unspecified atom stereocenters. The summed E-state index contributed by atoms with van der Waals surface area (Å²) in [6.07, 6.45) is -1.51. The van der Waals surface area contributed by atoms with Crippen molar-refractivity contribution in [2.45, 2.75) is 12.5 Å². The number of aliphatic hydroxyl groups is 1. The highest BCUT2D eigenvalue weighted by Crippen LogP contribution is 1.84. The normalized spacial score (nSPS) is 12.6. The monoisotopic (exact) mass is 118 g/mol. The Kier molecular flexibility index (Phi) is 2.79. The maximum absolute atomic E-state index is 9.68. The van der Waals surface area contributed by atoms with Gasteiger partial charge in [0.2, 0.25) is 0 Å². The van der Waals surface area contributed by atoms with Crippen LogP contribution in [0.3, 0.4) is 0 Å². The van der Waals surface area contributed by atoms with E-state index < -0.39 is 12.1 Å². The molecule has 8 heavy (non-hydrogen) atoms. The molecule has 4 heteroatoms. The van der Waals surface area contributed by atoms with Gasteiger partial charge in [-0.15, -0.1) is 0 Å². The van der Waals surface area contributed by atoms with Crippen molar-refractivity contribution in [3.8, 4) is 0 Å². The van der Waals surface area contributed by atoms with Crippen LogP contribution < -0.4 is 0 Å². The second kappa shape index (κ2) is 3.15. The van der Waals surface area contributed by atoms with E-state index in [2.05, 4.69) is 0 Å². The highest BCUT2D eigenvalue weighted by atomic mass is 16.4. The minimum Gasteiger partial charge on any atom is -0.479 e. The second-order valence-electron chi connectivity index (χ2n) is 1.26. The van der Waals surface area contributed by atoms with Crippen LogP contribution in [0.5, 0.6) is 0 Å². The summed E-state index contributed by atoms with van der Waals surface area (Å²) in [5.41, 5.74) is 0. The van der Waals surface area contributed by atoms with Gasteiger partial charge in [-0.1, -0.05) is 0 Å². The summed E-state index contributed by atoms with van der Waals surface area (Å²) in [4.78, 5) is 19.2. The van der Waals surface area contributed by atoms with E-state index in [0.29, 0.717) is 6.29 Å². The molecule has 0 saturated heterocycles. The summed E-state index contributed by atoms with van der Waals surface area (Å²) in [6, 6.07) is 0. The van der Waals surface area contributed by atoms with Gasteiger partial charge < -0.3 is 15.0 Å². The Morgan fingerprint density at radius 3 is 2.38 bits per heavy atom. The van der Waals surface area contributed by atoms with Crippen LogP contribution in [0.4, 0.5) is 0 Å². The summed E-state index contributed by atoms with van der Waals surface area (Å²) in [6.45, 7) is 0. The molecule has 0 aromatic rings. The molecule has 0 spiro atoms. The Labute approximate surface area is 45.7 Å². The molecule has 0 rings (SSSR count). The maximum Gasteiger partial charge on any atom is 0.332 e. The van der Waals surface area contributed by atoms with E-state index >= 15 is 0 Å². The molecule has 0 fully saturated rings. The Bertz CT molecular complexity index is 98.2. The number of carboxylic acid groups (broad SMARTS) is 1. The quantitative estimate of drug-likeness (QED) is 0.467. The fourth-order valence-corrected chi connectivity index (χ4v) is 0.192. The van der Waals surface area contributed by atoms with Gasteiger partial charge in [0.1, 0.15) is 6.29 Å². The van der Waals surface area contributed by atoms with Gasteiger partial charge in [-0.25, -0.2) is 4.79 Å². The van der Waals surface area contributed by atoms with Crippen LogP contribution in [0.2, 0.25) is 0 Å². The molecule has 1 atom stereocenters. The number of aldehydes is 1. The number of aliphatic hydroxyl groups excluding tert-OH is 1. The van der Waals surface area contributed by atoms with Crippen LogP contribution in [0.15, 0.2) is 0 Å². The van der Waals surface area contributed by atoms with E-state index in [1.165, 1.54) is 0 Å². The fourth-order valence-electron chi connectivity index (χ4n) is 0.192. The molecule has 0 bridgehead atoms. The minimum absolute atomic E-state index is 0.338. The first-order valence-corrected chi connectivity index (χ1v) is 2.03. The standard InChI is InChI=1S/C4H6O4/c5-2-1-3(6)4(7)8/h2-3,6H,1H2,(H,7,8)/t3-/m0/s1. The van der Waals surface area contributed by atoms with E-state index in [9.17, 15) is 9.59 Å². The van der Waals surface area contributed by atoms with E-state index in [-0.39, 0.29) is 6.42 Å². The highest BCUT2D eigenvalue weighted by molar-refractivity contribution is 5.75. The van der Waals surface area contributed by atoms with Gasteiger partial charge in [0.25, 0.3) is 0 Å². The Morgan fingerprint density at radius 1 is 1.75 bits per heavy atom. The van der Waals surface area contributed by atoms with Crippen LogP contribution in [0.1, 0.15) is 6.42 Å². The zero-order valence-corrected chi connectivity index (χ0v) is 4.07. The average molecular weight is 118 g/mol. The first-order chi connectivity index (χ1) is 3.68. The van der Waals surface area contributed by atoms with Crippen molar-refractivity contribution in [3.63, 3.8) is 0 Å². The van der Waals surface area contributed by atoms with Crippen molar-refractivity contribution in [1.29, 1.82) is 0 Å². The smallest absolute Gasteiger partial charge is 0.332 e. The zero-order valence-electron chi connectivity index (χ0n) is 4.07. The van der Waals surface area contributed by atoms with Gasteiger partial charge in [0, 0.05) is 6.42 Å². The number of hydrogen-bond acceptors (Lipinski definition) is 3. The van der Waals surface area contributed by atoms with Crippen molar-refractivity contribution in [1.82, 2.24) is 0 Å². The van der Waals surface area contributed by atoms with Gasteiger partial charge in [-0.05, 0) is 0 Å².